The molecule has 0 spiro atoms. The number of rotatable bonds is 5. The Hall–Kier alpha value is -1.92. The van der Waals surface area contributed by atoms with Crippen molar-refractivity contribution < 1.29 is 0 Å². The molecule has 0 radical (unpaired) electrons. The minimum absolute atomic E-state index is 0.943. The van der Waals surface area contributed by atoms with E-state index in [4.69, 9.17) is 5.10 Å². The summed E-state index contributed by atoms with van der Waals surface area (Å²) in [6.07, 6.45) is 2.67. The van der Waals surface area contributed by atoms with E-state index in [1.165, 1.54) is 31.5 Å². The molecule has 5 nitrogen and oxygen atoms in total. The summed E-state index contributed by atoms with van der Waals surface area (Å²) in [5.74, 6) is 1.03. The Morgan fingerprint density at radius 2 is 1.73 bits per heavy atom. The van der Waals surface area contributed by atoms with Crippen LogP contribution in [0.5, 0.6) is 0 Å². The zero-order chi connectivity index (χ0) is 18.1. The van der Waals surface area contributed by atoms with Gasteiger partial charge in [0.1, 0.15) is 10.5 Å². The van der Waals surface area contributed by atoms with Crippen molar-refractivity contribution in [2.24, 2.45) is 0 Å². The molecule has 3 aromatic rings. The fourth-order valence-electron chi connectivity index (χ4n) is 3.62. The third-order valence-electron chi connectivity index (χ3n) is 5.10. The number of thioether (sulfide) groups is 1. The Balaban J connectivity index is 1.65. The SMILES string of the molecule is Cc1ccc(-n2nc3c(SCCN4CCCC4)nnc(C)c3c2C)cc1. The lowest BCUT2D eigenvalue weighted by atomic mass is 10.2. The third-order valence-corrected chi connectivity index (χ3v) is 6.03. The van der Waals surface area contributed by atoms with E-state index in [9.17, 15) is 0 Å². The van der Waals surface area contributed by atoms with Crippen molar-refractivity contribution in [1.82, 2.24) is 24.9 Å². The van der Waals surface area contributed by atoms with Crippen LogP contribution in [0.4, 0.5) is 0 Å². The quantitative estimate of drug-likeness (QED) is 0.640. The predicted octanol–water partition coefficient (Wildman–Crippen LogP) is 3.93. The number of hydrogen-bond donors (Lipinski definition) is 0. The number of aryl methyl sites for hydroxylation is 3. The van der Waals surface area contributed by atoms with E-state index in [0.29, 0.717) is 0 Å². The summed E-state index contributed by atoms with van der Waals surface area (Å²) in [4.78, 5) is 2.53. The third kappa shape index (κ3) is 3.35. The van der Waals surface area contributed by atoms with Gasteiger partial charge in [-0.3, -0.25) is 0 Å². The second-order valence-electron chi connectivity index (χ2n) is 7.04. The molecule has 1 aromatic carbocycles. The van der Waals surface area contributed by atoms with Gasteiger partial charge in [0.25, 0.3) is 0 Å². The van der Waals surface area contributed by atoms with Crippen molar-refractivity contribution in [1.29, 1.82) is 0 Å². The summed E-state index contributed by atoms with van der Waals surface area (Å²) in [6, 6.07) is 8.47. The zero-order valence-corrected chi connectivity index (χ0v) is 16.5. The lowest BCUT2D eigenvalue weighted by Crippen LogP contribution is -2.21. The molecule has 3 heterocycles. The maximum atomic E-state index is 4.90. The van der Waals surface area contributed by atoms with Gasteiger partial charge in [0, 0.05) is 17.7 Å². The zero-order valence-electron chi connectivity index (χ0n) is 15.7. The van der Waals surface area contributed by atoms with Crippen molar-refractivity contribution in [2.75, 3.05) is 25.4 Å². The lowest BCUT2D eigenvalue weighted by Gasteiger charge is -2.13. The van der Waals surface area contributed by atoms with E-state index in [2.05, 4.69) is 53.2 Å². The average molecular weight is 368 g/mol. The van der Waals surface area contributed by atoms with Crippen molar-refractivity contribution in [3.63, 3.8) is 0 Å². The monoisotopic (exact) mass is 367 g/mol. The highest BCUT2D eigenvalue weighted by Gasteiger charge is 2.18. The molecule has 136 valence electrons. The van der Waals surface area contributed by atoms with Crippen LogP contribution in [-0.2, 0) is 0 Å². The van der Waals surface area contributed by atoms with Gasteiger partial charge in [0.05, 0.1) is 17.1 Å². The first-order chi connectivity index (χ1) is 12.6. The topological polar surface area (TPSA) is 46.8 Å². The van der Waals surface area contributed by atoms with E-state index in [0.717, 1.165) is 45.3 Å². The first-order valence-electron chi connectivity index (χ1n) is 9.28. The van der Waals surface area contributed by atoms with Crippen LogP contribution in [0.15, 0.2) is 29.3 Å². The van der Waals surface area contributed by atoms with Crippen molar-refractivity contribution >= 4 is 22.7 Å². The molecular formula is C20H25N5S. The van der Waals surface area contributed by atoms with Crippen LogP contribution in [0.3, 0.4) is 0 Å². The predicted molar refractivity (Wildman–Crippen MR) is 107 cm³/mol. The van der Waals surface area contributed by atoms with Gasteiger partial charge < -0.3 is 4.90 Å². The fourth-order valence-corrected chi connectivity index (χ4v) is 4.54. The van der Waals surface area contributed by atoms with Gasteiger partial charge in [-0.15, -0.1) is 16.9 Å². The molecule has 1 saturated heterocycles. The molecule has 26 heavy (non-hydrogen) atoms. The minimum atomic E-state index is 0.943. The summed E-state index contributed by atoms with van der Waals surface area (Å²) in [5, 5.41) is 15.8. The van der Waals surface area contributed by atoms with Gasteiger partial charge in [-0.25, -0.2) is 4.68 Å². The number of hydrogen-bond acceptors (Lipinski definition) is 5. The molecular weight excluding hydrogens is 342 g/mol. The van der Waals surface area contributed by atoms with E-state index in [-0.39, 0.29) is 0 Å². The van der Waals surface area contributed by atoms with E-state index in [1.54, 1.807) is 11.8 Å². The Morgan fingerprint density at radius 1 is 1.00 bits per heavy atom. The molecule has 1 aliphatic heterocycles. The standard InChI is InChI=1S/C20H25N5S/c1-14-6-8-17(9-7-14)25-16(3)18-15(2)21-22-20(19(18)23-25)26-13-12-24-10-4-5-11-24/h6-9H,4-5,10-13H2,1-3H3. The molecule has 0 N–H and O–H groups in total. The van der Waals surface area contributed by atoms with Gasteiger partial charge in [-0.05, 0) is 58.8 Å². The summed E-state index contributed by atoms with van der Waals surface area (Å²) in [7, 11) is 0. The lowest BCUT2D eigenvalue weighted by molar-refractivity contribution is 0.362. The van der Waals surface area contributed by atoms with Gasteiger partial charge in [-0.1, -0.05) is 17.7 Å². The molecule has 0 amide bonds. The van der Waals surface area contributed by atoms with Gasteiger partial charge in [0.2, 0.25) is 0 Å². The van der Waals surface area contributed by atoms with Crippen LogP contribution in [0.25, 0.3) is 16.6 Å². The molecule has 0 saturated carbocycles. The van der Waals surface area contributed by atoms with Gasteiger partial charge in [-0.2, -0.15) is 10.2 Å². The average Bonchev–Trinajstić information content (AvgIpc) is 3.26. The molecule has 1 fully saturated rings. The summed E-state index contributed by atoms with van der Waals surface area (Å²) >= 11 is 1.77. The van der Waals surface area contributed by atoms with Gasteiger partial charge >= 0.3 is 0 Å². The van der Waals surface area contributed by atoms with Crippen molar-refractivity contribution in [2.45, 2.75) is 38.6 Å². The van der Waals surface area contributed by atoms with Crippen LogP contribution in [-0.4, -0.2) is 50.3 Å². The Bertz CT molecular complexity index is 910. The van der Waals surface area contributed by atoms with E-state index >= 15 is 0 Å². The fraction of sp³-hybridized carbons (Fsp3) is 0.450. The van der Waals surface area contributed by atoms with Crippen LogP contribution in [0.2, 0.25) is 0 Å². The minimum Gasteiger partial charge on any atom is -0.303 e. The highest BCUT2D eigenvalue weighted by molar-refractivity contribution is 7.99. The molecule has 1 aliphatic rings. The highest BCUT2D eigenvalue weighted by atomic mass is 32.2. The number of nitrogens with zero attached hydrogens (tertiary/aromatic N) is 5. The molecule has 2 aromatic heterocycles. The maximum Gasteiger partial charge on any atom is 0.147 e. The Kier molecular flexibility index (Phi) is 4.96. The second kappa shape index (κ2) is 7.37. The van der Waals surface area contributed by atoms with Crippen LogP contribution in [0.1, 0.15) is 29.8 Å². The van der Waals surface area contributed by atoms with Crippen molar-refractivity contribution in [3.05, 3.63) is 41.2 Å². The number of fused-ring (bicyclic) bond motifs is 1. The van der Waals surface area contributed by atoms with Gasteiger partial charge in [0.15, 0.2) is 0 Å². The highest BCUT2D eigenvalue weighted by Crippen LogP contribution is 2.30. The number of likely N-dealkylation sites (tertiary alicyclic amines) is 1. The molecule has 0 unspecified atom stereocenters. The van der Waals surface area contributed by atoms with Crippen LogP contribution >= 0.6 is 11.8 Å². The second-order valence-corrected chi connectivity index (χ2v) is 8.13. The molecule has 0 bridgehead atoms. The smallest absolute Gasteiger partial charge is 0.147 e. The summed E-state index contributed by atoms with van der Waals surface area (Å²) < 4.78 is 2.02. The number of aromatic nitrogens is 4. The number of benzene rings is 1. The van der Waals surface area contributed by atoms with Crippen LogP contribution < -0.4 is 0 Å². The largest absolute Gasteiger partial charge is 0.303 e. The van der Waals surface area contributed by atoms with E-state index < -0.39 is 0 Å². The summed E-state index contributed by atoms with van der Waals surface area (Å²) in [5.41, 5.74) is 5.37. The van der Waals surface area contributed by atoms with Crippen molar-refractivity contribution in [3.8, 4) is 5.69 Å². The Morgan fingerprint density at radius 3 is 2.46 bits per heavy atom. The first kappa shape index (κ1) is 17.5. The summed E-state index contributed by atoms with van der Waals surface area (Å²) in [6.45, 7) is 9.81. The maximum absolute atomic E-state index is 4.90. The molecule has 4 rings (SSSR count). The molecule has 6 heteroatoms. The normalized spacial score (nSPS) is 15.2. The molecule has 0 atom stereocenters. The molecule has 0 aliphatic carbocycles. The Labute approximate surface area is 158 Å². The van der Waals surface area contributed by atoms with Crippen LogP contribution in [0, 0.1) is 20.8 Å². The first-order valence-corrected chi connectivity index (χ1v) is 10.3. The van der Waals surface area contributed by atoms with E-state index in [1.807, 2.05) is 11.6 Å².